The maximum atomic E-state index is 13.2. The molecule has 96 valence electrons. The molecule has 1 saturated heterocycles. The van der Waals surface area contributed by atoms with Gasteiger partial charge < -0.3 is 15.5 Å². The maximum Gasteiger partial charge on any atom is 0.255 e. The van der Waals surface area contributed by atoms with E-state index in [2.05, 4.69) is 15.5 Å². The van der Waals surface area contributed by atoms with E-state index in [1.165, 1.54) is 12.1 Å². The summed E-state index contributed by atoms with van der Waals surface area (Å²) in [5, 5.41) is 6.33. The predicted octanol–water partition coefficient (Wildman–Crippen LogP) is 1.08. The van der Waals surface area contributed by atoms with E-state index in [0.717, 1.165) is 25.1 Å². The molecule has 3 rings (SSSR count). The van der Waals surface area contributed by atoms with Crippen molar-refractivity contribution in [3.8, 4) is 0 Å². The Morgan fingerprint density at radius 2 is 2.28 bits per heavy atom. The molecule has 4 nitrogen and oxygen atoms in total. The second-order valence-corrected chi connectivity index (χ2v) is 4.99. The number of likely N-dealkylation sites (N-methyl/N-ethyl adjacent to an activating group) is 1. The number of halogens is 1. The molecule has 0 saturated carbocycles. The number of carbonyl (C=O) groups is 1. The van der Waals surface area contributed by atoms with Gasteiger partial charge in [0.25, 0.3) is 5.91 Å². The summed E-state index contributed by atoms with van der Waals surface area (Å²) >= 11 is 0. The van der Waals surface area contributed by atoms with Crippen molar-refractivity contribution in [1.29, 1.82) is 0 Å². The van der Waals surface area contributed by atoms with Gasteiger partial charge >= 0.3 is 0 Å². The van der Waals surface area contributed by atoms with Crippen molar-refractivity contribution in [2.45, 2.75) is 18.5 Å². The molecule has 2 aliphatic rings. The van der Waals surface area contributed by atoms with E-state index < -0.39 is 0 Å². The van der Waals surface area contributed by atoms with E-state index in [4.69, 9.17) is 0 Å². The number of rotatable bonds is 0. The molecule has 2 aliphatic heterocycles. The van der Waals surface area contributed by atoms with Crippen molar-refractivity contribution in [1.82, 2.24) is 10.6 Å². The Morgan fingerprint density at radius 3 is 3.00 bits per heavy atom. The third kappa shape index (κ3) is 1.58. The first-order chi connectivity index (χ1) is 8.62. The largest absolute Gasteiger partial charge is 0.350 e. The average molecular weight is 249 g/mol. The van der Waals surface area contributed by atoms with Crippen LogP contribution >= 0.6 is 0 Å². The van der Waals surface area contributed by atoms with Crippen molar-refractivity contribution in [2.24, 2.45) is 0 Å². The van der Waals surface area contributed by atoms with Gasteiger partial charge in [-0.1, -0.05) is 0 Å². The van der Waals surface area contributed by atoms with Gasteiger partial charge in [-0.25, -0.2) is 4.39 Å². The zero-order valence-electron chi connectivity index (χ0n) is 10.3. The Balaban J connectivity index is 2.06. The highest BCUT2D eigenvalue weighted by Gasteiger charge is 2.42. The predicted molar refractivity (Wildman–Crippen MR) is 67.1 cm³/mol. The topological polar surface area (TPSA) is 44.4 Å². The van der Waals surface area contributed by atoms with Crippen molar-refractivity contribution in [2.75, 3.05) is 25.0 Å². The fourth-order valence-electron chi connectivity index (χ4n) is 2.86. The smallest absolute Gasteiger partial charge is 0.255 e. The second-order valence-electron chi connectivity index (χ2n) is 4.99. The van der Waals surface area contributed by atoms with Crippen LogP contribution in [0, 0.1) is 5.82 Å². The van der Waals surface area contributed by atoms with E-state index in [-0.39, 0.29) is 17.4 Å². The van der Waals surface area contributed by atoms with Crippen LogP contribution in [0.1, 0.15) is 23.2 Å². The molecule has 0 aliphatic carbocycles. The number of hydrogen-bond donors (Lipinski definition) is 2. The molecule has 1 atom stereocenters. The number of amides is 1. The van der Waals surface area contributed by atoms with Gasteiger partial charge in [-0.3, -0.25) is 4.79 Å². The molecule has 18 heavy (non-hydrogen) atoms. The summed E-state index contributed by atoms with van der Waals surface area (Å²) in [5.41, 5.74) is 0.831. The molecule has 1 fully saturated rings. The fraction of sp³-hybridized carbons (Fsp3) is 0.462. The molecule has 2 heterocycles. The molecular formula is C13H16FN3O. The van der Waals surface area contributed by atoms with Gasteiger partial charge in [-0.2, -0.15) is 0 Å². The summed E-state index contributed by atoms with van der Waals surface area (Å²) in [5.74, 6) is -0.568. The van der Waals surface area contributed by atoms with Gasteiger partial charge in [-0.05, 0) is 37.6 Å². The van der Waals surface area contributed by atoms with Crippen molar-refractivity contribution < 1.29 is 9.18 Å². The SMILES string of the molecule is CN1c2ccc(F)cc2C(=O)N[C@@]12CCCNC2. The maximum absolute atomic E-state index is 13.2. The van der Waals surface area contributed by atoms with Crippen LogP contribution in [-0.2, 0) is 0 Å². The highest BCUT2D eigenvalue weighted by Crippen LogP contribution is 2.33. The van der Waals surface area contributed by atoms with E-state index in [9.17, 15) is 9.18 Å². The zero-order chi connectivity index (χ0) is 12.8. The summed E-state index contributed by atoms with van der Waals surface area (Å²) in [6.07, 6.45) is 1.92. The Labute approximate surface area is 105 Å². The molecule has 0 bridgehead atoms. The number of hydrogen-bond acceptors (Lipinski definition) is 3. The lowest BCUT2D eigenvalue weighted by Crippen LogP contribution is -2.69. The Kier molecular flexibility index (Phi) is 2.52. The minimum absolute atomic E-state index is 0.189. The molecule has 1 aromatic carbocycles. The summed E-state index contributed by atoms with van der Waals surface area (Å²) in [6.45, 7) is 1.69. The van der Waals surface area contributed by atoms with Crippen molar-refractivity contribution >= 4 is 11.6 Å². The zero-order valence-corrected chi connectivity index (χ0v) is 10.3. The third-order valence-corrected chi connectivity index (χ3v) is 3.91. The number of nitrogens with zero attached hydrogens (tertiary/aromatic N) is 1. The highest BCUT2D eigenvalue weighted by atomic mass is 19.1. The normalized spacial score (nSPS) is 27.0. The first-order valence-electron chi connectivity index (χ1n) is 6.19. The van der Waals surface area contributed by atoms with Gasteiger partial charge in [0.15, 0.2) is 0 Å². The van der Waals surface area contributed by atoms with Crippen LogP contribution in [0.3, 0.4) is 0 Å². The Morgan fingerprint density at radius 1 is 1.44 bits per heavy atom. The lowest BCUT2D eigenvalue weighted by atomic mass is 9.93. The van der Waals surface area contributed by atoms with Crippen LogP contribution in [-0.4, -0.2) is 31.7 Å². The summed E-state index contributed by atoms with van der Waals surface area (Å²) in [4.78, 5) is 14.2. The summed E-state index contributed by atoms with van der Waals surface area (Å²) in [6, 6.07) is 4.38. The van der Waals surface area contributed by atoms with Crippen LogP contribution in [0.5, 0.6) is 0 Å². The summed E-state index contributed by atoms with van der Waals surface area (Å²) < 4.78 is 13.2. The van der Waals surface area contributed by atoms with Crippen molar-refractivity contribution in [3.05, 3.63) is 29.6 Å². The van der Waals surface area contributed by atoms with Crippen LogP contribution in [0.15, 0.2) is 18.2 Å². The number of benzene rings is 1. The van der Waals surface area contributed by atoms with Gasteiger partial charge in [0.2, 0.25) is 0 Å². The van der Waals surface area contributed by atoms with E-state index in [1.54, 1.807) is 6.07 Å². The number of nitrogens with one attached hydrogen (secondary N) is 2. The monoisotopic (exact) mass is 249 g/mol. The quantitative estimate of drug-likeness (QED) is 0.723. The second kappa shape index (κ2) is 3.95. The minimum atomic E-state index is -0.380. The standard InChI is InChI=1S/C13H16FN3O/c1-17-11-4-3-9(14)7-10(11)12(18)16-13(17)5-2-6-15-8-13/h3-4,7,15H,2,5-6,8H2,1H3,(H,16,18)/t13-/m0/s1. The van der Waals surface area contributed by atoms with Crippen LogP contribution in [0.25, 0.3) is 0 Å². The lowest BCUT2D eigenvalue weighted by Gasteiger charge is -2.49. The Hall–Kier alpha value is -1.62. The molecule has 5 heteroatoms. The van der Waals surface area contributed by atoms with E-state index in [1.807, 2.05) is 7.05 Å². The number of carbonyl (C=O) groups excluding carboxylic acids is 1. The van der Waals surface area contributed by atoms with Crippen LogP contribution < -0.4 is 15.5 Å². The molecular weight excluding hydrogens is 233 g/mol. The Bertz CT molecular complexity index is 497. The first kappa shape index (κ1) is 11.5. The van der Waals surface area contributed by atoms with Crippen LogP contribution in [0.2, 0.25) is 0 Å². The molecule has 1 spiro atoms. The molecule has 0 unspecified atom stereocenters. The first-order valence-corrected chi connectivity index (χ1v) is 6.19. The fourth-order valence-corrected chi connectivity index (χ4v) is 2.86. The lowest BCUT2D eigenvalue weighted by molar-refractivity contribution is 0.0860. The highest BCUT2D eigenvalue weighted by molar-refractivity contribution is 6.02. The van der Waals surface area contributed by atoms with E-state index in [0.29, 0.717) is 12.1 Å². The van der Waals surface area contributed by atoms with Gasteiger partial charge in [0.05, 0.1) is 11.3 Å². The summed E-state index contributed by atoms with van der Waals surface area (Å²) in [7, 11) is 1.95. The molecule has 1 aromatic rings. The molecule has 1 amide bonds. The third-order valence-electron chi connectivity index (χ3n) is 3.91. The van der Waals surface area contributed by atoms with Gasteiger partial charge in [0, 0.05) is 13.6 Å². The molecule has 0 radical (unpaired) electrons. The van der Waals surface area contributed by atoms with Crippen LogP contribution in [0.4, 0.5) is 10.1 Å². The molecule has 0 aromatic heterocycles. The van der Waals surface area contributed by atoms with Gasteiger partial charge in [0.1, 0.15) is 11.5 Å². The van der Waals surface area contributed by atoms with Gasteiger partial charge in [-0.15, -0.1) is 0 Å². The average Bonchev–Trinajstić information content (AvgIpc) is 2.37. The number of anilines is 1. The molecule has 2 N–H and O–H groups in total. The number of fused-ring (bicyclic) bond motifs is 1. The number of piperidine rings is 1. The van der Waals surface area contributed by atoms with E-state index >= 15 is 0 Å². The minimum Gasteiger partial charge on any atom is -0.350 e. The van der Waals surface area contributed by atoms with Crippen molar-refractivity contribution in [3.63, 3.8) is 0 Å².